The minimum Gasteiger partial charge on any atom is -0.395 e. The van der Waals surface area contributed by atoms with E-state index in [1.165, 1.54) is 0 Å². The molecule has 1 rings (SSSR count). The third kappa shape index (κ3) is 3.80. The molecule has 88 valence electrons. The molecule has 0 saturated heterocycles. The van der Waals surface area contributed by atoms with Gasteiger partial charge in [-0.1, -0.05) is 13.8 Å². The Morgan fingerprint density at radius 2 is 2.13 bits per heavy atom. The van der Waals surface area contributed by atoms with Gasteiger partial charge in [-0.2, -0.15) is 0 Å². The second-order valence-corrected chi connectivity index (χ2v) is 4.65. The summed E-state index contributed by atoms with van der Waals surface area (Å²) in [4.78, 5) is 13.5. The van der Waals surface area contributed by atoms with Crippen molar-refractivity contribution in [2.45, 2.75) is 38.8 Å². The number of hydrogen-bond donors (Lipinski definition) is 2. The zero-order chi connectivity index (χ0) is 11.4. The maximum absolute atomic E-state index is 11.6. The summed E-state index contributed by atoms with van der Waals surface area (Å²) in [6.45, 7) is 4.47. The number of hydrogen-bond acceptors (Lipinski definition) is 3. The maximum atomic E-state index is 11.6. The van der Waals surface area contributed by atoms with Crippen LogP contribution < -0.4 is 5.32 Å². The molecule has 4 heteroatoms. The Morgan fingerprint density at radius 3 is 2.53 bits per heavy atom. The fraction of sp³-hybridized carbons (Fsp3) is 0.909. The lowest BCUT2D eigenvalue weighted by atomic mass is 10.1. The van der Waals surface area contributed by atoms with Gasteiger partial charge >= 0.3 is 0 Å². The molecule has 15 heavy (non-hydrogen) atoms. The van der Waals surface area contributed by atoms with Gasteiger partial charge in [0.25, 0.3) is 0 Å². The Morgan fingerprint density at radius 1 is 1.53 bits per heavy atom. The summed E-state index contributed by atoms with van der Waals surface area (Å²) in [5.41, 5.74) is 0. The number of aliphatic hydroxyl groups is 1. The van der Waals surface area contributed by atoms with Crippen LogP contribution >= 0.6 is 0 Å². The number of carbonyl (C=O) groups excluding carboxylic acids is 1. The molecule has 0 spiro atoms. The second kappa shape index (κ2) is 5.47. The van der Waals surface area contributed by atoms with E-state index in [2.05, 4.69) is 5.32 Å². The summed E-state index contributed by atoms with van der Waals surface area (Å²) >= 11 is 0. The summed E-state index contributed by atoms with van der Waals surface area (Å²) in [6.07, 6.45) is 2.27. The van der Waals surface area contributed by atoms with Crippen molar-refractivity contribution in [3.05, 3.63) is 0 Å². The molecule has 2 N–H and O–H groups in total. The van der Waals surface area contributed by atoms with E-state index in [-0.39, 0.29) is 18.6 Å². The number of rotatable bonds is 6. The van der Waals surface area contributed by atoms with Crippen LogP contribution in [0.5, 0.6) is 0 Å². The van der Waals surface area contributed by atoms with Crippen molar-refractivity contribution < 1.29 is 9.90 Å². The van der Waals surface area contributed by atoms with Gasteiger partial charge in [0.2, 0.25) is 5.91 Å². The van der Waals surface area contributed by atoms with Gasteiger partial charge in [0.1, 0.15) is 0 Å². The molecular weight excluding hydrogens is 192 g/mol. The van der Waals surface area contributed by atoms with Crippen LogP contribution in [0.2, 0.25) is 0 Å². The van der Waals surface area contributed by atoms with Crippen molar-refractivity contribution in [2.75, 3.05) is 20.2 Å². The first-order valence-electron chi connectivity index (χ1n) is 5.66. The summed E-state index contributed by atoms with van der Waals surface area (Å²) < 4.78 is 0. The van der Waals surface area contributed by atoms with Crippen LogP contribution in [-0.4, -0.2) is 48.2 Å². The standard InChI is InChI=1S/C11H22N2O2/c1-8(2)10(7-14)12-6-11(15)13(3)9-4-5-9/h8-10,12,14H,4-7H2,1-3H3. The van der Waals surface area contributed by atoms with Crippen LogP contribution in [0.3, 0.4) is 0 Å². The molecular formula is C11H22N2O2. The van der Waals surface area contributed by atoms with E-state index in [0.717, 1.165) is 12.8 Å². The Labute approximate surface area is 91.6 Å². The highest BCUT2D eigenvalue weighted by atomic mass is 16.3. The van der Waals surface area contributed by atoms with E-state index < -0.39 is 0 Å². The molecule has 1 aliphatic carbocycles. The molecule has 0 radical (unpaired) electrons. The zero-order valence-electron chi connectivity index (χ0n) is 9.86. The minimum absolute atomic E-state index is 0.0153. The van der Waals surface area contributed by atoms with E-state index >= 15 is 0 Å². The fourth-order valence-electron chi connectivity index (χ4n) is 1.52. The highest BCUT2D eigenvalue weighted by Gasteiger charge is 2.29. The molecule has 0 bridgehead atoms. The predicted octanol–water partition coefficient (Wildman–Crippen LogP) is 0.214. The van der Waals surface area contributed by atoms with Gasteiger partial charge < -0.3 is 15.3 Å². The average Bonchev–Trinajstić information content (AvgIpc) is 3.00. The first kappa shape index (κ1) is 12.5. The normalized spacial score (nSPS) is 17.9. The van der Waals surface area contributed by atoms with E-state index in [9.17, 15) is 4.79 Å². The van der Waals surface area contributed by atoms with E-state index in [4.69, 9.17) is 5.11 Å². The molecule has 1 aliphatic rings. The maximum Gasteiger partial charge on any atom is 0.236 e. The topological polar surface area (TPSA) is 52.6 Å². The van der Waals surface area contributed by atoms with Gasteiger partial charge in [0.05, 0.1) is 13.2 Å². The lowest BCUT2D eigenvalue weighted by molar-refractivity contribution is -0.129. The average molecular weight is 214 g/mol. The van der Waals surface area contributed by atoms with Crippen LogP contribution in [0, 0.1) is 5.92 Å². The minimum atomic E-state index is 0.0153. The molecule has 1 atom stereocenters. The molecule has 0 aromatic heterocycles. The first-order valence-corrected chi connectivity index (χ1v) is 5.66. The van der Waals surface area contributed by atoms with Crippen molar-refractivity contribution in [1.29, 1.82) is 0 Å². The molecule has 0 aliphatic heterocycles. The van der Waals surface area contributed by atoms with Crippen molar-refractivity contribution in [1.82, 2.24) is 10.2 Å². The first-order chi connectivity index (χ1) is 7.06. The number of likely N-dealkylation sites (N-methyl/N-ethyl adjacent to an activating group) is 1. The molecule has 1 amide bonds. The second-order valence-electron chi connectivity index (χ2n) is 4.65. The third-order valence-electron chi connectivity index (χ3n) is 3.00. The van der Waals surface area contributed by atoms with Gasteiger partial charge in [-0.25, -0.2) is 0 Å². The van der Waals surface area contributed by atoms with Crippen molar-refractivity contribution >= 4 is 5.91 Å². The summed E-state index contributed by atoms with van der Waals surface area (Å²) in [5, 5.41) is 12.2. The lowest BCUT2D eigenvalue weighted by Gasteiger charge is -2.22. The quantitative estimate of drug-likeness (QED) is 0.665. The lowest BCUT2D eigenvalue weighted by Crippen LogP contribution is -2.44. The van der Waals surface area contributed by atoms with Crippen LogP contribution in [0.1, 0.15) is 26.7 Å². The van der Waals surface area contributed by atoms with Gasteiger partial charge in [-0.3, -0.25) is 4.79 Å². The fourth-order valence-corrected chi connectivity index (χ4v) is 1.52. The Balaban J connectivity index is 2.25. The highest BCUT2D eigenvalue weighted by Crippen LogP contribution is 2.25. The van der Waals surface area contributed by atoms with Gasteiger partial charge in [0, 0.05) is 19.1 Å². The number of nitrogens with one attached hydrogen (secondary N) is 1. The molecule has 0 aromatic carbocycles. The van der Waals surface area contributed by atoms with Crippen molar-refractivity contribution in [3.8, 4) is 0 Å². The summed E-state index contributed by atoms with van der Waals surface area (Å²) in [7, 11) is 1.85. The number of aliphatic hydroxyl groups excluding tert-OH is 1. The van der Waals surface area contributed by atoms with Crippen LogP contribution in [0.4, 0.5) is 0 Å². The zero-order valence-corrected chi connectivity index (χ0v) is 9.86. The van der Waals surface area contributed by atoms with Gasteiger partial charge in [-0.15, -0.1) is 0 Å². The largest absolute Gasteiger partial charge is 0.395 e. The van der Waals surface area contributed by atoms with Gasteiger partial charge in [0.15, 0.2) is 0 Å². The molecule has 1 unspecified atom stereocenters. The van der Waals surface area contributed by atoms with Gasteiger partial charge in [-0.05, 0) is 18.8 Å². The van der Waals surface area contributed by atoms with E-state index in [1.807, 2.05) is 25.8 Å². The monoisotopic (exact) mass is 214 g/mol. The molecule has 1 fully saturated rings. The smallest absolute Gasteiger partial charge is 0.236 e. The van der Waals surface area contributed by atoms with Crippen LogP contribution in [0.25, 0.3) is 0 Å². The Hall–Kier alpha value is -0.610. The van der Waals surface area contributed by atoms with Crippen molar-refractivity contribution in [2.24, 2.45) is 5.92 Å². The molecule has 4 nitrogen and oxygen atoms in total. The molecule has 0 aromatic rings. The SMILES string of the molecule is CC(C)C(CO)NCC(=O)N(C)C1CC1. The number of nitrogens with zero attached hydrogens (tertiary/aromatic N) is 1. The summed E-state index contributed by atoms with van der Waals surface area (Å²) in [5.74, 6) is 0.464. The number of carbonyl (C=O) groups is 1. The molecule has 0 heterocycles. The van der Waals surface area contributed by atoms with Crippen LogP contribution in [-0.2, 0) is 4.79 Å². The van der Waals surface area contributed by atoms with E-state index in [0.29, 0.717) is 18.5 Å². The Bertz CT molecular complexity index is 215. The highest BCUT2D eigenvalue weighted by molar-refractivity contribution is 5.78. The van der Waals surface area contributed by atoms with Crippen molar-refractivity contribution in [3.63, 3.8) is 0 Å². The van der Waals surface area contributed by atoms with E-state index in [1.54, 1.807) is 0 Å². The van der Waals surface area contributed by atoms with Crippen LogP contribution in [0.15, 0.2) is 0 Å². The Kier molecular flexibility index (Phi) is 4.54. The third-order valence-corrected chi connectivity index (χ3v) is 3.00. The predicted molar refractivity (Wildman–Crippen MR) is 59.5 cm³/mol. The molecule has 1 saturated carbocycles. The summed E-state index contributed by atoms with van der Waals surface area (Å²) in [6, 6.07) is 0.479. The number of amides is 1.